The lowest BCUT2D eigenvalue weighted by Gasteiger charge is -2.27. The molecule has 6 aromatic heterocycles. The van der Waals surface area contributed by atoms with Gasteiger partial charge in [-0.15, -0.1) is 0 Å². The number of fused-ring (bicyclic) bond motifs is 18. The number of furan rings is 2. The van der Waals surface area contributed by atoms with Crippen molar-refractivity contribution in [3.63, 3.8) is 0 Å². The summed E-state index contributed by atoms with van der Waals surface area (Å²) in [4.78, 5) is 4.64. The average molecular weight is 1090 g/mol. The molecule has 0 spiro atoms. The van der Waals surface area contributed by atoms with Crippen LogP contribution in [0.25, 0.3) is 142 Å². The molecule has 0 bridgehead atoms. The van der Waals surface area contributed by atoms with Gasteiger partial charge in [0.1, 0.15) is 11.2 Å². The molecule has 0 unspecified atom stereocenters. The van der Waals surface area contributed by atoms with Crippen LogP contribution < -0.4 is 9.80 Å². The van der Waals surface area contributed by atoms with E-state index in [-0.39, 0.29) is 0 Å². The lowest BCUT2D eigenvalue weighted by atomic mass is 10.0. The van der Waals surface area contributed by atoms with Gasteiger partial charge in [0, 0.05) is 87.4 Å². The molecule has 0 fully saturated rings. The fourth-order valence-corrected chi connectivity index (χ4v) is 14.5. The Hall–Kier alpha value is -11.3. The Morgan fingerprint density at radius 3 is 1.21 bits per heavy atom. The second kappa shape index (κ2) is 17.3. The summed E-state index contributed by atoms with van der Waals surface area (Å²) in [6, 6.07) is 99.3. The maximum absolute atomic E-state index is 6.66. The molecule has 0 saturated heterocycles. The molecule has 6 nitrogen and oxygen atoms in total. The zero-order valence-electron chi connectivity index (χ0n) is 46.1. The molecule has 0 saturated carbocycles. The molecule has 6 heterocycles. The van der Waals surface area contributed by atoms with Crippen molar-refractivity contribution in [1.29, 1.82) is 0 Å². The highest BCUT2D eigenvalue weighted by molar-refractivity contribution is 6.29. The van der Waals surface area contributed by atoms with Crippen molar-refractivity contribution < 1.29 is 8.83 Å². The normalized spacial score (nSPS) is 12.3. The third-order valence-electron chi connectivity index (χ3n) is 18.3. The van der Waals surface area contributed by atoms with Crippen LogP contribution in [0.15, 0.2) is 282 Å². The minimum Gasteiger partial charge on any atom is -0.454 e. The first-order valence-electron chi connectivity index (χ1n) is 29.1. The van der Waals surface area contributed by atoms with Crippen molar-refractivity contribution in [2.45, 2.75) is 6.92 Å². The molecule has 13 aromatic carbocycles. The van der Waals surface area contributed by atoms with E-state index in [4.69, 9.17) is 8.83 Å². The summed E-state index contributed by atoms with van der Waals surface area (Å²) in [7, 11) is 0. The van der Waals surface area contributed by atoms with Gasteiger partial charge in [-0.05, 0) is 138 Å². The summed E-state index contributed by atoms with van der Waals surface area (Å²) in [5.74, 6) is 0. The van der Waals surface area contributed by atoms with Crippen molar-refractivity contribution in [3.8, 4) is 22.3 Å². The smallest absolute Gasteiger partial charge is 0.159 e. The Balaban J connectivity index is 0.694. The van der Waals surface area contributed by atoms with Crippen molar-refractivity contribution in [2.75, 3.05) is 9.80 Å². The number of nitrogens with zero attached hydrogens (tertiary/aromatic N) is 4. The first-order chi connectivity index (χ1) is 42.1. The van der Waals surface area contributed by atoms with Gasteiger partial charge >= 0.3 is 0 Å². The fraction of sp³-hybridized carbons (Fsp3) is 0.0127. The third-order valence-corrected chi connectivity index (χ3v) is 18.3. The van der Waals surface area contributed by atoms with E-state index in [0.717, 1.165) is 94.7 Å². The van der Waals surface area contributed by atoms with Gasteiger partial charge in [-0.25, -0.2) is 0 Å². The van der Waals surface area contributed by atoms with Gasteiger partial charge in [0.05, 0.1) is 44.5 Å². The van der Waals surface area contributed by atoms with Crippen molar-refractivity contribution in [1.82, 2.24) is 8.80 Å². The van der Waals surface area contributed by atoms with Crippen LogP contribution in [0.5, 0.6) is 0 Å². The monoisotopic (exact) mass is 1080 g/mol. The van der Waals surface area contributed by atoms with E-state index in [1.807, 2.05) is 18.2 Å². The molecule has 0 aliphatic heterocycles. The topological polar surface area (TPSA) is 41.6 Å². The number of rotatable bonds is 8. The number of para-hydroxylation sites is 7. The minimum atomic E-state index is 0.871. The maximum atomic E-state index is 6.66. The van der Waals surface area contributed by atoms with Crippen molar-refractivity contribution in [3.05, 3.63) is 279 Å². The molecule has 19 aromatic rings. The molecule has 0 aliphatic rings. The van der Waals surface area contributed by atoms with Crippen LogP contribution in [0.2, 0.25) is 0 Å². The van der Waals surface area contributed by atoms with Gasteiger partial charge in [0.2, 0.25) is 0 Å². The van der Waals surface area contributed by atoms with Gasteiger partial charge in [-0.2, -0.15) is 0 Å². The van der Waals surface area contributed by atoms with Crippen LogP contribution in [0.3, 0.4) is 0 Å². The first-order valence-corrected chi connectivity index (χ1v) is 29.1. The molecule has 19 rings (SSSR count). The van der Waals surface area contributed by atoms with Crippen molar-refractivity contribution in [2.24, 2.45) is 0 Å². The van der Waals surface area contributed by atoms with Gasteiger partial charge < -0.3 is 27.4 Å². The highest BCUT2D eigenvalue weighted by Crippen LogP contribution is 2.49. The summed E-state index contributed by atoms with van der Waals surface area (Å²) in [5, 5.41) is 14.5. The fourth-order valence-electron chi connectivity index (χ4n) is 14.5. The molecule has 0 atom stereocenters. The molecular formula is C79H48N4O2. The number of hydrogen-bond donors (Lipinski definition) is 0. The summed E-state index contributed by atoms with van der Waals surface area (Å²) in [6.45, 7) is 2.17. The number of aromatic nitrogens is 2. The largest absolute Gasteiger partial charge is 0.454 e. The lowest BCUT2D eigenvalue weighted by molar-refractivity contribution is 0.668. The minimum absolute atomic E-state index is 0.871. The number of benzene rings is 13. The maximum Gasteiger partial charge on any atom is 0.159 e. The van der Waals surface area contributed by atoms with Gasteiger partial charge in [0.15, 0.2) is 11.2 Å². The Bertz CT molecular complexity index is 5910. The predicted molar refractivity (Wildman–Crippen MR) is 355 cm³/mol. The summed E-state index contributed by atoms with van der Waals surface area (Å²) in [6.07, 6.45) is 0. The van der Waals surface area contributed by atoms with Crippen LogP contribution in [0.4, 0.5) is 34.1 Å². The van der Waals surface area contributed by atoms with E-state index in [0.29, 0.717) is 0 Å². The van der Waals surface area contributed by atoms with Crippen LogP contribution in [0, 0.1) is 6.92 Å². The molecular weight excluding hydrogens is 1040 g/mol. The van der Waals surface area contributed by atoms with Crippen LogP contribution >= 0.6 is 0 Å². The van der Waals surface area contributed by atoms with E-state index in [1.54, 1.807) is 0 Å². The molecule has 85 heavy (non-hydrogen) atoms. The van der Waals surface area contributed by atoms with Crippen LogP contribution in [-0.2, 0) is 0 Å². The van der Waals surface area contributed by atoms with E-state index in [2.05, 4.69) is 280 Å². The average Bonchev–Trinajstić information content (AvgIpc) is 1.67. The van der Waals surface area contributed by atoms with E-state index in [1.165, 1.54) is 87.3 Å². The highest BCUT2D eigenvalue weighted by atomic mass is 16.3. The van der Waals surface area contributed by atoms with Crippen LogP contribution in [0.1, 0.15) is 5.56 Å². The molecule has 0 radical (unpaired) electrons. The zero-order chi connectivity index (χ0) is 55.6. The second-order valence-electron chi connectivity index (χ2n) is 22.8. The second-order valence-corrected chi connectivity index (χ2v) is 22.8. The number of aryl methyl sites for hydroxylation is 1. The summed E-state index contributed by atoms with van der Waals surface area (Å²) in [5.41, 5.74) is 23.1. The Morgan fingerprint density at radius 2 is 0.671 bits per heavy atom. The van der Waals surface area contributed by atoms with Crippen molar-refractivity contribution >= 4 is 154 Å². The zero-order valence-corrected chi connectivity index (χ0v) is 46.1. The Kier molecular flexibility index (Phi) is 9.45. The first kappa shape index (κ1) is 46.3. The Morgan fingerprint density at radius 1 is 0.271 bits per heavy atom. The predicted octanol–water partition coefficient (Wildman–Crippen LogP) is 22.4. The van der Waals surface area contributed by atoms with Gasteiger partial charge in [-0.1, -0.05) is 170 Å². The quantitative estimate of drug-likeness (QED) is 0.152. The summed E-state index contributed by atoms with van der Waals surface area (Å²) >= 11 is 0. The molecule has 396 valence electrons. The third kappa shape index (κ3) is 6.53. The van der Waals surface area contributed by atoms with Gasteiger partial charge in [0.25, 0.3) is 0 Å². The number of hydrogen-bond acceptors (Lipinski definition) is 4. The molecule has 0 amide bonds. The SMILES string of the molecule is Cc1ccc2c(oc3ccccc32)c1N(c1ccccc1)c1ccc(-c2ccc3c(c2)c2cccc4c5cc6c(cc5n3c24)c2cccc3c4cc(-c5ccc(N(c7ccccc7)c7cccc8c7oc7ccccc78)cc5)ccc4n6c32)cc1. The number of anilines is 6. The van der Waals surface area contributed by atoms with Gasteiger partial charge in [-0.3, -0.25) is 0 Å². The molecule has 0 aliphatic carbocycles. The molecule has 6 heteroatoms. The highest BCUT2D eigenvalue weighted by Gasteiger charge is 2.26. The van der Waals surface area contributed by atoms with E-state index < -0.39 is 0 Å². The standard InChI is InChI=1S/C79H48N4O2/c1-47-29-40-63-57-20-9-11-28-74(57)85-79(63)75(47)81(53-17-6-3-7-18-53)55-38-32-49(33-39-55)51-35-42-69-65(44-51)59-22-13-24-61-67-45-71-66(46-72(67)83(69)77(59)61)60-23-12-21-58-64-43-50(34-41-68(64)82(71)76(58)60)48-30-36-54(37-31-48)80(52-15-4-2-5-16-52)70-26-14-25-62-56-19-8-10-27-73(56)84-78(62)70/h2-46H,1H3. The van der Waals surface area contributed by atoms with E-state index >= 15 is 0 Å². The molecule has 0 N–H and O–H groups in total. The van der Waals surface area contributed by atoms with Crippen LogP contribution in [-0.4, -0.2) is 8.80 Å². The summed E-state index contributed by atoms with van der Waals surface area (Å²) < 4.78 is 18.3. The van der Waals surface area contributed by atoms with E-state index in [9.17, 15) is 0 Å². The Labute approximate surface area is 486 Å². The lowest BCUT2D eigenvalue weighted by Crippen LogP contribution is -2.11.